The van der Waals surface area contributed by atoms with Gasteiger partial charge in [0.2, 0.25) is 0 Å². The Labute approximate surface area is 84.7 Å². The molecule has 0 spiro atoms. The van der Waals surface area contributed by atoms with Crippen molar-refractivity contribution in [2.24, 2.45) is 5.92 Å². The van der Waals surface area contributed by atoms with Crippen molar-refractivity contribution in [2.45, 2.75) is 19.9 Å². The van der Waals surface area contributed by atoms with E-state index in [0.29, 0.717) is 0 Å². The van der Waals surface area contributed by atoms with Crippen LogP contribution in [0, 0.1) is 5.92 Å². The van der Waals surface area contributed by atoms with Gasteiger partial charge >= 0.3 is 5.97 Å². The van der Waals surface area contributed by atoms with E-state index in [1.165, 1.54) is 0 Å². The second-order valence-corrected chi connectivity index (χ2v) is 3.92. The van der Waals surface area contributed by atoms with Crippen molar-refractivity contribution >= 4 is 21.9 Å². The van der Waals surface area contributed by atoms with Crippen LogP contribution in [-0.2, 0) is 4.79 Å². The number of hydrogen-bond acceptors (Lipinski definition) is 2. The number of aliphatic carboxylic acids is 1. The first-order valence-electron chi connectivity index (χ1n) is 3.95. The van der Waals surface area contributed by atoms with Crippen LogP contribution in [0.3, 0.4) is 0 Å². The van der Waals surface area contributed by atoms with Crippen molar-refractivity contribution in [1.82, 2.24) is 9.78 Å². The lowest BCUT2D eigenvalue weighted by Gasteiger charge is -2.15. The van der Waals surface area contributed by atoms with Gasteiger partial charge in [0.25, 0.3) is 0 Å². The molecule has 0 saturated heterocycles. The molecule has 0 saturated carbocycles. The topological polar surface area (TPSA) is 55.1 Å². The van der Waals surface area contributed by atoms with Crippen molar-refractivity contribution in [2.75, 3.05) is 0 Å². The molecule has 2 atom stereocenters. The maximum atomic E-state index is 10.7. The van der Waals surface area contributed by atoms with Crippen LogP contribution < -0.4 is 0 Å². The number of nitrogens with zero attached hydrogens (tertiary/aromatic N) is 2. The zero-order valence-electron chi connectivity index (χ0n) is 7.44. The molecule has 0 aliphatic rings. The highest BCUT2D eigenvalue weighted by atomic mass is 79.9. The van der Waals surface area contributed by atoms with Gasteiger partial charge in [-0.1, -0.05) is 0 Å². The second kappa shape index (κ2) is 3.91. The highest BCUT2D eigenvalue weighted by molar-refractivity contribution is 9.10. The van der Waals surface area contributed by atoms with E-state index in [2.05, 4.69) is 21.0 Å². The van der Waals surface area contributed by atoms with Crippen LogP contribution >= 0.6 is 15.9 Å². The summed E-state index contributed by atoms with van der Waals surface area (Å²) >= 11 is 3.26. The molecule has 0 radical (unpaired) electrons. The van der Waals surface area contributed by atoms with Crippen LogP contribution in [-0.4, -0.2) is 20.9 Å². The number of hydrogen-bond donors (Lipinski definition) is 1. The van der Waals surface area contributed by atoms with E-state index >= 15 is 0 Å². The van der Waals surface area contributed by atoms with Gasteiger partial charge in [0, 0.05) is 6.20 Å². The summed E-state index contributed by atoms with van der Waals surface area (Å²) < 4.78 is 2.50. The van der Waals surface area contributed by atoms with Crippen LogP contribution in [0.15, 0.2) is 16.9 Å². The third-order valence-electron chi connectivity index (χ3n) is 2.10. The summed E-state index contributed by atoms with van der Waals surface area (Å²) in [5, 5.41) is 12.8. The fourth-order valence-electron chi connectivity index (χ4n) is 0.973. The van der Waals surface area contributed by atoms with E-state index in [1.54, 1.807) is 24.0 Å². The average molecular weight is 247 g/mol. The highest BCUT2D eigenvalue weighted by Gasteiger charge is 2.21. The van der Waals surface area contributed by atoms with Crippen LogP contribution in [0.1, 0.15) is 19.9 Å². The third-order valence-corrected chi connectivity index (χ3v) is 2.51. The summed E-state index contributed by atoms with van der Waals surface area (Å²) in [5.74, 6) is -1.24. The maximum absolute atomic E-state index is 10.7. The van der Waals surface area contributed by atoms with Crippen molar-refractivity contribution in [3.8, 4) is 0 Å². The molecule has 0 fully saturated rings. The van der Waals surface area contributed by atoms with Gasteiger partial charge in [-0.05, 0) is 29.8 Å². The first-order valence-corrected chi connectivity index (χ1v) is 4.74. The highest BCUT2D eigenvalue weighted by Crippen LogP contribution is 2.18. The number of carboxylic acid groups (broad SMARTS) is 1. The van der Waals surface area contributed by atoms with Crippen molar-refractivity contribution < 1.29 is 9.90 Å². The molecule has 72 valence electrons. The molecule has 4 nitrogen and oxygen atoms in total. The molecular formula is C8H11BrN2O2. The Hall–Kier alpha value is -0.840. The number of carbonyl (C=O) groups is 1. The van der Waals surface area contributed by atoms with Gasteiger partial charge in [0.05, 0.1) is 22.6 Å². The monoisotopic (exact) mass is 246 g/mol. The largest absolute Gasteiger partial charge is 0.481 e. The van der Waals surface area contributed by atoms with E-state index in [4.69, 9.17) is 5.11 Å². The summed E-state index contributed by atoms with van der Waals surface area (Å²) in [6.45, 7) is 3.50. The van der Waals surface area contributed by atoms with Gasteiger partial charge in [-0.25, -0.2) is 0 Å². The van der Waals surface area contributed by atoms with Crippen molar-refractivity contribution in [1.29, 1.82) is 0 Å². The summed E-state index contributed by atoms with van der Waals surface area (Å²) in [6, 6.07) is -0.135. The fraction of sp³-hybridized carbons (Fsp3) is 0.500. The molecule has 0 aliphatic carbocycles. The van der Waals surface area contributed by atoms with E-state index in [0.717, 1.165) is 4.47 Å². The summed E-state index contributed by atoms with van der Waals surface area (Å²) in [7, 11) is 0. The Bertz CT molecular complexity index is 311. The molecule has 1 heterocycles. The summed E-state index contributed by atoms with van der Waals surface area (Å²) in [4.78, 5) is 10.7. The van der Waals surface area contributed by atoms with E-state index in [1.807, 2.05) is 6.92 Å². The van der Waals surface area contributed by atoms with Crippen molar-refractivity contribution in [3.63, 3.8) is 0 Å². The van der Waals surface area contributed by atoms with E-state index < -0.39 is 11.9 Å². The zero-order valence-corrected chi connectivity index (χ0v) is 9.02. The van der Waals surface area contributed by atoms with Gasteiger partial charge in [-0.3, -0.25) is 9.48 Å². The molecule has 1 rings (SSSR count). The molecule has 0 aliphatic heterocycles. The lowest BCUT2D eigenvalue weighted by Crippen LogP contribution is -2.21. The lowest BCUT2D eigenvalue weighted by molar-refractivity contribution is -0.142. The van der Waals surface area contributed by atoms with Gasteiger partial charge in [0.1, 0.15) is 0 Å². The van der Waals surface area contributed by atoms with Crippen molar-refractivity contribution in [3.05, 3.63) is 16.9 Å². The standard InChI is InChI=1S/C8H11BrN2O2/c1-5(8(12)13)6(2)11-4-7(9)3-10-11/h3-6H,1-2H3,(H,12,13)/t5?,6-/m1/s1. The Kier molecular flexibility index (Phi) is 3.08. The predicted octanol–water partition coefficient (Wildman–Crippen LogP) is 1.93. The number of halogens is 1. The summed E-state index contributed by atoms with van der Waals surface area (Å²) in [5.41, 5.74) is 0. The minimum absolute atomic E-state index is 0.135. The average Bonchev–Trinajstić information content (AvgIpc) is 2.49. The van der Waals surface area contributed by atoms with E-state index in [-0.39, 0.29) is 6.04 Å². The Morgan fingerprint density at radius 2 is 2.31 bits per heavy atom. The molecule has 1 aromatic rings. The van der Waals surface area contributed by atoms with E-state index in [9.17, 15) is 4.79 Å². The molecule has 5 heteroatoms. The molecule has 1 unspecified atom stereocenters. The Balaban J connectivity index is 2.78. The molecule has 0 bridgehead atoms. The van der Waals surface area contributed by atoms with Crippen LogP contribution in [0.5, 0.6) is 0 Å². The Morgan fingerprint density at radius 3 is 2.69 bits per heavy atom. The van der Waals surface area contributed by atoms with Gasteiger partial charge < -0.3 is 5.11 Å². The fourth-order valence-corrected chi connectivity index (χ4v) is 1.27. The molecule has 1 N–H and O–H groups in total. The molecule has 13 heavy (non-hydrogen) atoms. The minimum atomic E-state index is -0.806. The molecular weight excluding hydrogens is 236 g/mol. The Morgan fingerprint density at radius 1 is 1.69 bits per heavy atom. The summed E-state index contributed by atoms with van der Waals surface area (Å²) in [6.07, 6.45) is 3.41. The SMILES string of the molecule is CC(C(=O)O)[C@@H](C)n1cc(Br)cn1. The number of carboxylic acids is 1. The number of aromatic nitrogens is 2. The first-order chi connectivity index (χ1) is 6.02. The molecule has 0 aromatic carbocycles. The maximum Gasteiger partial charge on any atom is 0.308 e. The molecule has 1 aromatic heterocycles. The van der Waals surface area contributed by atoms with Gasteiger partial charge in [-0.2, -0.15) is 5.10 Å². The van der Waals surface area contributed by atoms with Crippen LogP contribution in [0.2, 0.25) is 0 Å². The zero-order chi connectivity index (χ0) is 10.0. The first kappa shape index (κ1) is 10.2. The van der Waals surface area contributed by atoms with Crippen LogP contribution in [0.4, 0.5) is 0 Å². The van der Waals surface area contributed by atoms with Crippen LogP contribution in [0.25, 0.3) is 0 Å². The third kappa shape index (κ3) is 2.30. The van der Waals surface area contributed by atoms with Gasteiger partial charge in [0.15, 0.2) is 0 Å². The minimum Gasteiger partial charge on any atom is -0.481 e. The number of rotatable bonds is 3. The molecule has 0 amide bonds. The lowest BCUT2D eigenvalue weighted by atomic mass is 10.1. The normalized spacial score (nSPS) is 15.3. The predicted molar refractivity (Wildman–Crippen MR) is 51.4 cm³/mol. The van der Waals surface area contributed by atoms with Gasteiger partial charge in [-0.15, -0.1) is 0 Å². The smallest absolute Gasteiger partial charge is 0.308 e. The second-order valence-electron chi connectivity index (χ2n) is 3.01. The quantitative estimate of drug-likeness (QED) is 0.887.